The third kappa shape index (κ3) is 5.98. The molecule has 0 atom stereocenters. The monoisotopic (exact) mass is 341 g/mol. The van der Waals surface area contributed by atoms with Gasteiger partial charge in [-0.15, -0.1) is 0 Å². The molecule has 1 aromatic heterocycles. The van der Waals surface area contributed by atoms with Gasteiger partial charge in [0.2, 0.25) is 0 Å². The van der Waals surface area contributed by atoms with E-state index in [2.05, 4.69) is 10.6 Å². The summed E-state index contributed by atoms with van der Waals surface area (Å²) in [5.41, 5.74) is 0.398. The summed E-state index contributed by atoms with van der Waals surface area (Å²) in [5.74, 6) is -1.77. The number of hydrogen-bond donors (Lipinski definition) is 2. The molecule has 0 aliphatic rings. The third-order valence-electron chi connectivity index (χ3n) is 3.20. The van der Waals surface area contributed by atoms with E-state index < -0.39 is 17.8 Å². The summed E-state index contributed by atoms with van der Waals surface area (Å²) in [4.78, 5) is 34.9. The molecule has 2 aromatic rings. The second-order valence-corrected chi connectivity index (χ2v) is 5.13. The molecule has 0 unspecified atom stereocenters. The van der Waals surface area contributed by atoms with Gasteiger partial charge in [0, 0.05) is 24.2 Å². The van der Waals surface area contributed by atoms with Crippen molar-refractivity contribution < 1.29 is 23.9 Å². The minimum Gasteiger partial charge on any atom is -0.550 e. The first-order chi connectivity index (χ1) is 12.1. The molecule has 7 nitrogen and oxygen atoms in total. The van der Waals surface area contributed by atoms with Gasteiger partial charge < -0.3 is 25.0 Å². The van der Waals surface area contributed by atoms with Gasteiger partial charge in [-0.05, 0) is 37.1 Å². The van der Waals surface area contributed by atoms with E-state index in [9.17, 15) is 19.5 Å². The van der Waals surface area contributed by atoms with Crippen LogP contribution in [0.25, 0.3) is 6.08 Å². The van der Waals surface area contributed by atoms with Gasteiger partial charge in [0.15, 0.2) is 0 Å². The van der Waals surface area contributed by atoms with Gasteiger partial charge in [-0.25, -0.2) is 0 Å². The van der Waals surface area contributed by atoms with Gasteiger partial charge >= 0.3 is 0 Å². The fraction of sp³-hybridized carbons (Fsp3) is 0.167. The number of aliphatic carboxylic acids is 1. The van der Waals surface area contributed by atoms with E-state index in [1.165, 1.54) is 12.3 Å². The average Bonchev–Trinajstić information content (AvgIpc) is 3.11. The molecule has 25 heavy (non-hydrogen) atoms. The molecule has 0 bridgehead atoms. The topological polar surface area (TPSA) is 111 Å². The predicted octanol–water partition coefficient (Wildman–Crippen LogP) is 0.697. The lowest BCUT2D eigenvalue weighted by atomic mass is 10.2. The molecule has 130 valence electrons. The molecule has 7 heteroatoms. The summed E-state index contributed by atoms with van der Waals surface area (Å²) in [6, 6.07) is 11.7. The quantitative estimate of drug-likeness (QED) is 0.542. The lowest BCUT2D eigenvalue weighted by Gasteiger charge is -2.11. The van der Waals surface area contributed by atoms with Crippen LogP contribution in [0, 0.1) is 0 Å². The highest BCUT2D eigenvalue weighted by molar-refractivity contribution is 6.05. The molecular weight excluding hydrogens is 324 g/mol. The number of amides is 2. The molecule has 1 heterocycles. The summed E-state index contributed by atoms with van der Waals surface area (Å²) in [7, 11) is 0. The van der Waals surface area contributed by atoms with E-state index in [0.717, 1.165) is 0 Å². The van der Waals surface area contributed by atoms with E-state index in [-0.39, 0.29) is 25.1 Å². The SMILES string of the molecule is O=C([O-])CCCNC(=O)/C(=C\c1ccco1)NC(=O)c1ccccc1. The zero-order chi connectivity index (χ0) is 18.1. The van der Waals surface area contributed by atoms with Gasteiger partial charge in [0.1, 0.15) is 11.5 Å². The molecule has 0 fully saturated rings. The number of furan rings is 1. The van der Waals surface area contributed by atoms with E-state index >= 15 is 0 Å². The Labute approximate surface area is 144 Å². The van der Waals surface area contributed by atoms with E-state index in [1.807, 2.05) is 0 Å². The summed E-state index contributed by atoms with van der Waals surface area (Å²) in [6.45, 7) is 0.142. The van der Waals surface area contributed by atoms with Crippen molar-refractivity contribution in [3.05, 3.63) is 65.7 Å². The van der Waals surface area contributed by atoms with E-state index in [0.29, 0.717) is 11.3 Å². The van der Waals surface area contributed by atoms with Gasteiger partial charge in [0.05, 0.1) is 6.26 Å². The highest BCUT2D eigenvalue weighted by atomic mass is 16.4. The predicted molar refractivity (Wildman–Crippen MR) is 87.8 cm³/mol. The largest absolute Gasteiger partial charge is 0.550 e. The second-order valence-electron chi connectivity index (χ2n) is 5.13. The minimum atomic E-state index is -1.18. The fourth-order valence-electron chi connectivity index (χ4n) is 1.99. The maximum Gasteiger partial charge on any atom is 0.267 e. The summed E-state index contributed by atoms with van der Waals surface area (Å²) in [6.07, 6.45) is 2.91. The Morgan fingerprint density at radius 2 is 1.84 bits per heavy atom. The van der Waals surface area contributed by atoms with Crippen molar-refractivity contribution >= 4 is 23.9 Å². The highest BCUT2D eigenvalue weighted by Crippen LogP contribution is 2.08. The average molecular weight is 341 g/mol. The molecule has 0 radical (unpaired) electrons. The van der Waals surface area contributed by atoms with Gasteiger partial charge in [-0.2, -0.15) is 0 Å². The molecule has 0 spiro atoms. The van der Waals surface area contributed by atoms with Gasteiger partial charge in [-0.3, -0.25) is 9.59 Å². The second kappa shape index (κ2) is 9.07. The first-order valence-corrected chi connectivity index (χ1v) is 7.66. The third-order valence-corrected chi connectivity index (χ3v) is 3.20. The Morgan fingerprint density at radius 1 is 1.08 bits per heavy atom. The number of hydrogen-bond acceptors (Lipinski definition) is 5. The van der Waals surface area contributed by atoms with Gasteiger partial charge in [0.25, 0.3) is 11.8 Å². The van der Waals surface area contributed by atoms with Crippen LogP contribution in [0.1, 0.15) is 29.0 Å². The minimum absolute atomic E-state index is 0.00254. The molecule has 0 aliphatic heterocycles. The van der Waals surface area contributed by atoms with Crippen LogP contribution in [-0.4, -0.2) is 24.3 Å². The van der Waals surface area contributed by atoms with Crippen molar-refractivity contribution in [3.8, 4) is 0 Å². The summed E-state index contributed by atoms with van der Waals surface area (Å²) < 4.78 is 5.16. The Balaban J connectivity index is 2.07. The number of benzene rings is 1. The van der Waals surface area contributed by atoms with Crippen molar-refractivity contribution in [1.82, 2.24) is 10.6 Å². The van der Waals surface area contributed by atoms with Crippen LogP contribution >= 0.6 is 0 Å². The fourth-order valence-corrected chi connectivity index (χ4v) is 1.99. The standard InChI is InChI=1S/C18H18N2O5/c21-16(22)9-4-10-19-18(24)15(12-14-8-5-11-25-14)20-17(23)13-6-2-1-3-7-13/h1-3,5-8,11-12H,4,9-10H2,(H,19,24)(H,20,23)(H,21,22)/p-1/b15-12+. The molecule has 0 saturated heterocycles. The van der Waals surface area contributed by atoms with Crippen LogP contribution in [0.2, 0.25) is 0 Å². The lowest BCUT2D eigenvalue weighted by Crippen LogP contribution is -2.35. The number of rotatable bonds is 8. The van der Waals surface area contributed by atoms with Crippen LogP contribution in [0.3, 0.4) is 0 Å². The Hall–Kier alpha value is -3.35. The molecule has 1 aromatic carbocycles. The maximum atomic E-state index is 12.3. The van der Waals surface area contributed by atoms with Gasteiger partial charge in [-0.1, -0.05) is 18.2 Å². The van der Waals surface area contributed by atoms with E-state index in [1.54, 1.807) is 42.5 Å². The van der Waals surface area contributed by atoms with E-state index in [4.69, 9.17) is 4.42 Å². The van der Waals surface area contributed by atoms with Crippen molar-refractivity contribution in [2.45, 2.75) is 12.8 Å². The van der Waals surface area contributed by atoms with Crippen molar-refractivity contribution in [3.63, 3.8) is 0 Å². The van der Waals surface area contributed by atoms with Crippen molar-refractivity contribution in [2.75, 3.05) is 6.54 Å². The first kappa shape index (κ1) is 18.0. The van der Waals surface area contributed by atoms with Crippen molar-refractivity contribution in [1.29, 1.82) is 0 Å². The summed E-state index contributed by atoms with van der Waals surface area (Å²) in [5, 5.41) is 15.5. The number of carboxylic acid groups (broad SMARTS) is 1. The molecule has 2 amide bonds. The van der Waals surface area contributed by atoms with Crippen LogP contribution < -0.4 is 15.7 Å². The zero-order valence-electron chi connectivity index (χ0n) is 13.4. The van der Waals surface area contributed by atoms with Crippen LogP contribution in [-0.2, 0) is 9.59 Å². The number of carbonyl (C=O) groups is 3. The Kier molecular flexibility index (Phi) is 6.53. The van der Waals surface area contributed by atoms with Crippen LogP contribution in [0.5, 0.6) is 0 Å². The number of carboxylic acids is 1. The molecule has 2 N–H and O–H groups in total. The number of nitrogens with one attached hydrogen (secondary N) is 2. The first-order valence-electron chi connectivity index (χ1n) is 7.66. The van der Waals surface area contributed by atoms with Crippen LogP contribution in [0.4, 0.5) is 0 Å². The Morgan fingerprint density at radius 3 is 2.48 bits per heavy atom. The summed E-state index contributed by atoms with van der Waals surface area (Å²) >= 11 is 0. The maximum absolute atomic E-state index is 12.3. The Bertz CT molecular complexity index is 751. The van der Waals surface area contributed by atoms with Crippen molar-refractivity contribution in [2.24, 2.45) is 0 Å². The molecule has 2 rings (SSSR count). The normalized spacial score (nSPS) is 11.0. The lowest BCUT2D eigenvalue weighted by molar-refractivity contribution is -0.305. The molecular formula is C18H17N2O5-. The van der Waals surface area contributed by atoms with Crippen LogP contribution in [0.15, 0.2) is 58.8 Å². The number of carbonyl (C=O) groups excluding carboxylic acids is 3. The zero-order valence-corrected chi connectivity index (χ0v) is 13.4. The molecule has 0 saturated carbocycles. The smallest absolute Gasteiger partial charge is 0.267 e. The molecule has 0 aliphatic carbocycles. The highest BCUT2D eigenvalue weighted by Gasteiger charge is 2.14.